The molecular weight excluding hydrogens is 196 g/mol. The maximum absolute atomic E-state index is 11.3. The molecule has 0 spiro atoms. The highest BCUT2D eigenvalue weighted by Gasteiger charge is 2.14. The molecule has 0 aliphatic carbocycles. The van der Waals surface area contributed by atoms with Gasteiger partial charge in [-0.1, -0.05) is 19.6 Å². The van der Waals surface area contributed by atoms with Crippen molar-refractivity contribution in [3.63, 3.8) is 0 Å². The zero-order chi connectivity index (χ0) is 11.2. The van der Waals surface area contributed by atoms with Crippen LogP contribution >= 0.6 is 0 Å². The molecule has 0 atom stereocenters. The Balaban J connectivity index is 3.61. The van der Waals surface area contributed by atoms with E-state index in [1.165, 1.54) is 4.90 Å². The average molecular weight is 216 g/mol. The number of amides is 2. The molecule has 2 amide bonds. The molecule has 0 heterocycles. The van der Waals surface area contributed by atoms with Gasteiger partial charge in [0.25, 0.3) is 0 Å². The van der Waals surface area contributed by atoms with Gasteiger partial charge in [0.2, 0.25) is 12.3 Å². The van der Waals surface area contributed by atoms with Crippen LogP contribution in [-0.2, 0) is 9.59 Å². The van der Waals surface area contributed by atoms with E-state index in [-0.39, 0.29) is 5.91 Å². The molecule has 0 aliphatic rings. The maximum Gasteiger partial charge on any atom is 0.221 e. The van der Waals surface area contributed by atoms with E-state index in [2.05, 4.69) is 25.0 Å². The summed E-state index contributed by atoms with van der Waals surface area (Å²) >= 11 is 0. The van der Waals surface area contributed by atoms with Crippen LogP contribution in [0.4, 0.5) is 0 Å². The Labute approximate surface area is 86.7 Å². The fourth-order valence-corrected chi connectivity index (χ4v) is 1.51. The van der Waals surface area contributed by atoms with E-state index < -0.39 is 8.07 Å². The number of carbonyl (C=O) groups is 2. The van der Waals surface area contributed by atoms with Crippen molar-refractivity contribution in [3.8, 4) is 0 Å². The molecule has 14 heavy (non-hydrogen) atoms. The third kappa shape index (κ3) is 7.79. The van der Waals surface area contributed by atoms with E-state index >= 15 is 0 Å². The number of hydrogen-bond donors (Lipinski definition) is 1. The van der Waals surface area contributed by atoms with Crippen molar-refractivity contribution in [1.82, 2.24) is 10.2 Å². The van der Waals surface area contributed by atoms with E-state index in [0.29, 0.717) is 13.0 Å². The number of nitrogens with zero attached hydrogens (tertiary/aromatic N) is 1. The smallest absolute Gasteiger partial charge is 0.221 e. The molecule has 0 aromatic rings. The Morgan fingerprint density at radius 2 is 2.00 bits per heavy atom. The van der Waals surface area contributed by atoms with Gasteiger partial charge >= 0.3 is 0 Å². The summed E-state index contributed by atoms with van der Waals surface area (Å²) in [5.74, 6) is 0.0288. The first-order valence-corrected chi connectivity index (χ1v) is 8.48. The summed E-state index contributed by atoms with van der Waals surface area (Å²) in [7, 11) is 0.466. The zero-order valence-corrected chi connectivity index (χ0v) is 10.5. The van der Waals surface area contributed by atoms with E-state index in [4.69, 9.17) is 0 Å². The van der Waals surface area contributed by atoms with Crippen molar-refractivity contribution in [1.29, 1.82) is 0 Å². The Morgan fingerprint density at radius 3 is 2.43 bits per heavy atom. The van der Waals surface area contributed by atoms with Crippen LogP contribution in [-0.4, -0.2) is 45.1 Å². The van der Waals surface area contributed by atoms with Crippen LogP contribution < -0.4 is 5.32 Å². The molecule has 0 saturated carbocycles. The molecule has 0 fully saturated rings. The van der Waals surface area contributed by atoms with Crippen LogP contribution in [0.1, 0.15) is 6.42 Å². The lowest BCUT2D eigenvalue weighted by atomic mass is 10.4. The van der Waals surface area contributed by atoms with Gasteiger partial charge in [0.1, 0.15) is 0 Å². The highest BCUT2D eigenvalue weighted by Crippen LogP contribution is 1.97. The second kappa shape index (κ2) is 5.80. The van der Waals surface area contributed by atoms with Gasteiger partial charge in [-0.25, -0.2) is 0 Å². The van der Waals surface area contributed by atoms with E-state index in [1.54, 1.807) is 7.05 Å². The summed E-state index contributed by atoms with van der Waals surface area (Å²) in [4.78, 5) is 23.0. The van der Waals surface area contributed by atoms with Crippen molar-refractivity contribution in [2.45, 2.75) is 26.1 Å². The molecule has 0 saturated heterocycles. The quantitative estimate of drug-likeness (QED) is 0.518. The minimum atomic E-state index is -1.20. The molecule has 1 N–H and O–H groups in total. The minimum absolute atomic E-state index is 0.0288. The highest BCUT2D eigenvalue weighted by molar-refractivity contribution is 6.76. The Morgan fingerprint density at radius 1 is 1.43 bits per heavy atom. The van der Waals surface area contributed by atoms with Crippen LogP contribution in [0.25, 0.3) is 0 Å². The van der Waals surface area contributed by atoms with Crippen LogP contribution in [0, 0.1) is 0 Å². The molecule has 82 valence electrons. The monoisotopic (exact) mass is 216 g/mol. The summed E-state index contributed by atoms with van der Waals surface area (Å²) in [6.07, 6.45) is 1.92. The van der Waals surface area contributed by atoms with Crippen molar-refractivity contribution in [2.75, 3.05) is 19.8 Å². The third-order valence-corrected chi connectivity index (χ3v) is 2.92. The predicted molar refractivity (Wildman–Crippen MR) is 59.7 cm³/mol. The summed E-state index contributed by atoms with van der Waals surface area (Å²) in [6, 6.07) is 0. The average Bonchev–Trinajstić information content (AvgIpc) is 2.09. The van der Waals surface area contributed by atoms with Crippen molar-refractivity contribution in [3.05, 3.63) is 0 Å². The van der Waals surface area contributed by atoms with Crippen molar-refractivity contribution < 1.29 is 9.59 Å². The lowest BCUT2D eigenvalue weighted by Crippen LogP contribution is -2.40. The van der Waals surface area contributed by atoms with Crippen molar-refractivity contribution in [2.24, 2.45) is 0 Å². The Bertz CT molecular complexity index is 201. The number of nitrogens with one attached hydrogen (secondary N) is 1. The topological polar surface area (TPSA) is 49.4 Å². The summed E-state index contributed by atoms with van der Waals surface area (Å²) in [5, 5.41) is 2.88. The van der Waals surface area contributed by atoms with Crippen LogP contribution in [0.3, 0.4) is 0 Å². The number of carbonyl (C=O) groups excluding carboxylic acids is 2. The van der Waals surface area contributed by atoms with Crippen molar-refractivity contribution >= 4 is 20.4 Å². The molecule has 0 aromatic carbocycles. The molecule has 4 nitrogen and oxygen atoms in total. The van der Waals surface area contributed by atoms with Gasteiger partial charge in [0.05, 0.1) is 8.07 Å². The molecule has 0 aliphatic heterocycles. The normalized spacial score (nSPS) is 10.9. The number of hydrogen-bond acceptors (Lipinski definition) is 2. The van der Waals surface area contributed by atoms with Gasteiger partial charge in [0.15, 0.2) is 0 Å². The van der Waals surface area contributed by atoms with Gasteiger partial charge < -0.3 is 10.2 Å². The van der Waals surface area contributed by atoms with Gasteiger partial charge in [-0.3, -0.25) is 9.59 Å². The lowest BCUT2D eigenvalue weighted by molar-refractivity contribution is -0.122. The lowest BCUT2D eigenvalue weighted by Gasteiger charge is -2.17. The SMILES string of the molecule is CN(C=O)CCC(=O)NC[Si](C)(C)C. The summed E-state index contributed by atoms with van der Waals surface area (Å²) in [5.41, 5.74) is 0. The largest absolute Gasteiger partial charge is 0.359 e. The van der Waals surface area contributed by atoms with E-state index in [0.717, 1.165) is 12.6 Å². The maximum atomic E-state index is 11.3. The van der Waals surface area contributed by atoms with Gasteiger partial charge in [-0.05, 0) is 0 Å². The second-order valence-electron chi connectivity index (χ2n) is 4.67. The zero-order valence-electron chi connectivity index (χ0n) is 9.46. The fourth-order valence-electron chi connectivity index (χ4n) is 0.783. The second-order valence-corrected chi connectivity index (χ2v) is 10.1. The summed E-state index contributed by atoms with van der Waals surface area (Å²) in [6.45, 7) is 7.08. The highest BCUT2D eigenvalue weighted by atomic mass is 28.3. The van der Waals surface area contributed by atoms with Gasteiger partial charge in [-0.15, -0.1) is 0 Å². The number of rotatable bonds is 6. The van der Waals surface area contributed by atoms with Crippen LogP contribution in [0.5, 0.6) is 0 Å². The Kier molecular flexibility index (Phi) is 5.45. The van der Waals surface area contributed by atoms with E-state index in [1.807, 2.05) is 0 Å². The molecule has 0 radical (unpaired) electrons. The molecule has 0 bridgehead atoms. The minimum Gasteiger partial charge on any atom is -0.359 e. The molecule has 5 heteroatoms. The first-order valence-electron chi connectivity index (χ1n) is 4.77. The molecule has 0 rings (SSSR count). The molecule has 0 aromatic heterocycles. The van der Waals surface area contributed by atoms with Crippen LogP contribution in [0.15, 0.2) is 0 Å². The van der Waals surface area contributed by atoms with Gasteiger partial charge in [0, 0.05) is 26.2 Å². The van der Waals surface area contributed by atoms with Crippen LogP contribution in [0.2, 0.25) is 19.6 Å². The van der Waals surface area contributed by atoms with E-state index in [9.17, 15) is 9.59 Å². The predicted octanol–water partition coefficient (Wildman–Crippen LogP) is 0.458. The fraction of sp³-hybridized carbons (Fsp3) is 0.778. The molecule has 0 unspecified atom stereocenters. The first kappa shape index (κ1) is 13.2. The van der Waals surface area contributed by atoms with Gasteiger partial charge in [-0.2, -0.15) is 0 Å². The first-order chi connectivity index (χ1) is 6.35. The standard InChI is InChI=1S/C9H20N2O2Si/c1-11(8-12)6-5-9(13)10-7-14(2,3)4/h8H,5-7H2,1-4H3,(H,10,13). The third-order valence-electron chi connectivity index (χ3n) is 1.69. The summed E-state index contributed by atoms with van der Waals surface area (Å²) < 4.78 is 0. The molecular formula is C9H20N2O2Si. The Hall–Kier alpha value is -0.843.